The van der Waals surface area contributed by atoms with Gasteiger partial charge in [0.05, 0.1) is 12.7 Å². The van der Waals surface area contributed by atoms with Crippen molar-refractivity contribution in [3.05, 3.63) is 72.3 Å². The molecule has 0 aliphatic rings. The van der Waals surface area contributed by atoms with Crippen molar-refractivity contribution in [2.45, 2.75) is 0 Å². The van der Waals surface area contributed by atoms with Crippen molar-refractivity contribution in [1.82, 2.24) is 0 Å². The standard InChI is InChI=1S/C20H17NO4/c1-24-20(23)15-8-4-9-16(12-15)25-13-19(22)21-18-11-5-7-14-6-2-3-10-17(14)18/h2-12H,13H2,1H3,(H,21,22). The maximum Gasteiger partial charge on any atom is 0.337 e. The molecule has 0 saturated heterocycles. The van der Waals surface area contributed by atoms with E-state index in [0.29, 0.717) is 11.3 Å². The number of hydrogen-bond acceptors (Lipinski definition) is 4. The van der Waals surface area contributed by atoms with E-state index in [1.165, 1.54) is 13.2 Å². The Bertz CT molecular complexity index is 915. The smallest absolute Gasteiger partial charge is 0.337 e. The number of anilines is 1. The Morgan fingerprint density at radius 2 is 1.72 bits per heavy atom. The Morgan fingerprint density at radius 1 is 0.960 bits per heavy atom. The highest BCUT2D eigenvalue weighted by Crippen LogP contribution is 2.23. The summed E-state index contributed by atoms with van der Waals surface area (Å²) in [5.74, 6) is -0.304. The molecule has 126 valence electrons. The summed E-state index contributed by atoms with van der Waals surface area (Å²) in [5, 5.41) is 4.86. The maximum absolute atomic E-state index is 12.2. The maximum atomic E-state index is 12.2. The number of esters is 1. The van der Waals surface area contributed by atoms with Gasteiger partial charge in [-0.3, -0.25) is 4.79 Å². The molecule has 0 aliphatic heterocycles. The van der Waals surface area contributed by atoms with Gasteiger partial charge in [0.15, 0.2) is 6.61 Å². The highest BCUT2D eigenvalue weighted by molar-refractivity contribution is 6.02. The molecule has 0 unspecified atom stereocenters. The molecule has 3 aromatic rings. The summed E-state index contributed by atoms with van der Waals surface area (Å²) >= 11 is 0. The summed E-state index contributed by atoms with van der Waals surface area (Å²) in [6.45, 7) is -0.159. The third-order valence-corrected chi connectivity index (χ3v) is 3.69. The molecule has 5 nitrogen and oxygen atoms in total. The van der Waals surface area contributed by atoms with E-state index in [4.69, 9.17) is 4.74 Å². The van der Waals surface area contributed by atoms with Gasteiger partial charge in [-0.2, -0.15) is 0 Å². The third kappa shape index (κ3) is 3.95. The van der Waals surface area contributed by atoms with Gasteiger partial charge in [-0.1, -0.05) is 42.5 Å². The molecule has 0 aromatic heterocycles. The van der Waals surface area contributed by atoms with Gasteiger partial charge in [-0.05, 0) is 29.7 Å². The van der Waals surface area contributed by atoms with Crippen LogP contribution in [-0.4, -0.2) is 25.6 Å². The molecule has 0 atom stereocenters. The van der Waals surface area contributed by atoms with Gasteiger partial charge in [0.1, 0.15) is 5.75 Å². The van der Waals surface area contributed by atoms with E-state index in [1.807, 2.05) is 42.5 Å². The number of methoxy groups -OCH3 is 1. The zero-order valence-electron chi connectivity index (χ0n) is 13.7. The van der Waals surface area contributed by atoms with Crippen LogP contribution < -0.4 is 10.1 Å². The van der Waals surface area contributed by atoms with Crippen LogP contribution in [0.3, 0.4) is 0 Å². The number of benzene rings is 3. The molecule has 0 spiro atoms. The Balaban J connectivity index is 1.66. The van der Waals surface area contributed by atoms with E-state index in [-0.39, 0.29) is 12.5 Å². The first kappa shape index (κ1) is 16.5. The van der Waals surface area contributed by atoms with E-state index in [1.54, 1.807) is 18.2 Å². The Morgan fingerprint density at radius 3 is 2.56 bits per heavy atom. The molecule has 1 amide bonds. The van der Waals surface area contributed by atoms with E-state index >= 15 is 0 Å². The zero-order chi connectivity index (χ0) is 17.6. The molecule has 0 saturated carbocycles. The van der Waals surface area contributed by atoms with Crippen molar-refractivity contribution in [3.8, 4) is 5.75 Å². The van der Waals surface area contributed by atoms with Crippen molar-refractivity contribution in [1.29, 1.82) is 0 Å². The average Bonchev–Trinajstić information content (AvgIpc) is 2.66. The minimum Gasteiger partial charge on any atom is -0.484 e. The second-order valence-electron chi connectivity index (χ2n) is 5.38. The first-order valence-electron chi connectivity index (χ1n) is 7.76. The first-order valence-corrected chi connectivity index (χ1v) is 7.76. The summed E-state index contributed by atoms with van der Waals surface area (Å²) in [6, 6.07) is 20.0. The number of ether oxygens (including phenoxy) is 2. The van der Waals surface area contributed by atoms with Crippen molar-refractivity contribution in [3.63, 3.8) is 0 Å². The molecule has 25 heavy (non-hydrogen) atoms. The van der Waals surface area contributed by atoms with Gasteiger partial charge < -0.3 is 14.8 Å². The Hall–Kier alpha value is -3.34. The highest BCUT2D eigenvalue weighted by Gasteiger charge is 2.09. The average molecular weight is 335 g/mol. The van der Waals surface area contributed by atoms with Crippen LogP contribution in [0.15, 0.2) is 66.7 Å². The first-order chi connectivity index (χ1) is 12.2. The molecule has 0 aliphatic carbocycles. The summed E-state index contributed by atoms with van der Waals surface area (Å²) < 4.78 is 10.1. The van der Waals surface area contributed by atoms with Crippen molar-refractivity contribution in [2.75, 3.05) is 19.0 Å². The van der Waals surface area contributed by atoms with Crippen molar-refractivity contribution in [2.24, 2.45) is 0 Å². The zero-order valence-corrected chi connectivity index (χ0v) is 13.7. The number of fused-ring (bicyclic) bond motifs is 1. The molecule has 1 N–H and O–H groups in total. The predicted octanol–water partition coefficient (Wildman–Crippen LogP) is 3.64. The van der Waals surface area contributed by atoms with Crippen LogP contribution in [0.25, 0.3) is 10.8 Å². The number of hydrogen-bond donors (Lipinski definition) is 1. The molecular weight excluding hydrogens is 318 g/mol. The van der Waals surface area contributed by atoms with Gasteiger partial charge in [-0.25, -0.2) is 4.79 Å². The van der Waals surface area contributed by atoms with Crippen LogP contribution in [0, 0.1) is 0 Å². The van der Waals surface area contributed by atoms with Crippen molar-refractivity contribution < 1.29 is 19.1 Å². The fourth-order valence-corrected chi connectivity index (χ4v) is 2.50. The SMILES string of the molecule is COC(=O)c1cccc(OCC(=O)Nc2cccc3ccccc23)c1. The number of carbonyl (C=O) groups is 2. The van der Waals surface area contributed by atoms with Gasteiger partial charge in [0.2, 0.25) is 0 Å². The van der Waals surface area contributed by atoms with Crippen LogP contribution in [0.4, 0.5) is 5.69 Å². The largest absolute Gasteiger partial charge is 0.484 e. The Kier molecular flexibility index (Phi) is 4.95. The predicted molar refractivity (Wildman–Crippen MR) is 95.9 cm³/mol. The lowest BCUT2D eigenvalue weighted by Gasteiger charge is -2.10. The van der Waals surface area contributed by atoms with E-state index in [0.717, 1.165) is 16.5 Å². The number of nitrogens with one attached hydrogen (secondary N) is 1. The van der Waals surface area contributed by atoms with Crippen LogP contribution in [0.2, 0.25) is 0 Å². The monoisotopic (exact) mass is 335 g/mol. The van der Waals surface area contributed by atoms with Crippen LogP contribution in [0.1, 0.15) is 10.4 Å². The summed E-state index contributed by atoms with van der Waals surface area (Å²) in [6.07, 6.45) is 0. The number of amides is 1. The fourth-order valence-electron chi connectivity index (χ4n) is 2.50. The van der Waals surface area contributed by atoms with Crippen LogP contribution in [0.5, 0.6) is 5.75 Å². The molecule has 3 rings (SSSR count). The fraction of sp³-hybridized carbons (Fsp3) is 0.100. The van der Waals surface area contributed by atoms with Crippen LogP contribution in [-0.2, 0) is 9.53 Å². The van der Waals surface area contributed by atoms with E-state index in [2.05, 4.69) is 10.1 Å². The molecule has 0 radical (unpaired) electrons. The van der Waals surface area contributed by atoms with E-state index in [9.17, 15) is 9.59 Å². The normalized spacial score (nSPS) is 10.3. The summed E-state index contributed by atoms with van der Waals surface area (Å²) in [5.41, 5.74) is 1.10. The number of rotatable bonds is 5. The minimum absolute atomic E-state index is 0.159. The molecule has 0 bridgehead atoms. The lowest BCUT2D eigenvalue weighted by Crippen LogP contribution is -2.20. The van der Waals surface area contributed by atoms with Crippen LogP contribution >= 0.6 is 0 Å². The lowest BCUT2D eigenvalue weighted by atomic mass is 10.1. The number of carbonyl (C=O) groups excluding carboxylic acids is 2. The molecule has 0 heterocycles. The molecule has 5 heteroatoms. The Labute approximate surface area is 145 Å². The van der Waals surface area contributed by atoms with Gasteiger partial charge in [0, 0.05) is 11.1 Å². The van der Waals surface area contributed by atoms with Gasteiger partial charge >= 0.3 is 5.97 Å². The third-order valence-electron chi connectivity index (χ3n) is 3.69. The van der Waals surface area contributed by atoms with E-state index < -0.39 is 5.97 Å². The highest BCUT2D eigenvalue weighted by atomic mass is 16.5. The minimum atomic E-state index is -0.453. The second-order valence-corrected chi connectivity index (χ2v) is 5.38. The molecule has 3 aromatic carbocycles. The summed E-state index contributed by atoms with van der Waals surface area (Å²) in [7, 11) is 1.31. The van der Waals surface area contributed by atoms with Gasteiger partial charge in [0.25, 0.3) is 5.91 Å². The lowest BCUT2D eigenvalue weighted by molar-refractivity contribution is -0.118. The van der Waals surface area contributed by atoms with Gasteiger partial charge in [-0.15, -0.1) is 0 Å². The molecular formula is C20H17NO4. The summed E-state index contributed by atoms with van der Waals surface area (Å²) in [4.78, 5) is 23.7. The van der Waals surface area contributed by atoms with Crippen molar-refractivity contribution >= 4 is 28.3 Å². The quantitative estimate of drug-likeness (QED) is 0.723. The molecule has 0 fully saturated rings. The topological polar surface area (TPSA) is 64.6 Å². The second kappa shape index (κ2) is 7.49.